The van der Waals surface area contributed by atoms with Crippen LogP contribution in [0.2, 0.25) is 0 Å². The van der Waals surface area contributed by atoms with Crippen LogP contribution in [0.1, 0.15) is 40.5 Å². The van der Waals surface area contributed by atoms with Gasteiger partial charge in [0.2, 0.25) is 0 Å². The summed E-state index contributed by atoms with van der Waals surface area (Å²) in [5, 5.41) is 0. The molecule has 0 spiro atoms. The first-order valence-electron chi connectivity index (χ1n) is 6.65. The summed E-state index contributed by atoms with van der Waals surface area (Å²) in [6.07, 6.45) is 2.49. The lowest BCUT2D eigenvalue weighted by molar-refractivity contribution is -0.189. The summed E-state index contributed by atoms with van der Waals surface area (Å²) in [6.45, 7) is 9.91. The van der Waals surface area contributed by atoms with Gasteiger partial charge in [-0.05, 0) is 40.5 Å². The van der Waals surface area contributed by atoms with Crippen LogP contribution in [0, 0.1) is 0 Å². The average Bonchev–Trinajstić information content (AvgIpc) is 2.25. The highest BCUT2D eigenvalue weighted by Crippen LogP contribution is 2.21. The third-order valence-electron chi connectivity index (χ3n) is 2.83. The van der Waals surface area contributed by atoms with Crippen LogP contribution in [0.5, 0.6) is 0 Å². The normalized spacial score (nSPS) is 29.8. The van der Waals surface area contributed by atoms with Crippen LogP contribution >= 0.6 is 0 Å². The number of rotatable bonds is 7. The summed E-state index contributed by atoms with van der Waals surface area (Å²) >= 11 is 0. The molecule has 102 valence electrons. The van der Waals surface area contributed by atoms with E-state index < -0.39 is 0 Å². The number of hydrogen-bond donors (Lipinski definition) is 0. The molecule has 0 bridgehead atoms. The SMILES string of the molecule is CCOC(COC1CC(C)OC(C)C1)OCC. The summed E-state index contributed by atoms with van der Waals surface area (Å²) in [7, 11) is 0. The average molecular weight is 246 g/mol. The topological polar surface area (TPSA) is 36.9 Å². The quantitative estimate of drug-likeness (QED) is 0.646. The third-order valence-corrected chi connectivity index (χ3v) is 2.83. The van der Waals surface area contributed by atoms with Gasteiger partial charge < -0.3 is 18.9 Å². The van der Waals surface area contributed by atoms with E-state index in [0.29, 0.717) is 19.8 Å². The summed E-state index contributed by atoms with van der Waals surface area (Å²) in [5.41, 5.74) is 0. The van der Waals surface area contributed by atoms with Gasteiger partial charge in [0.25, 0.3) is 0 Å². The lowest BCUT2D eigenvalue weighted by Gasteiger charge is -2.32. The Hall–Kier alpha value is -0.160. The van der Waals surface area contributed by atoms with E-state index in [0.717, 1.165) is 12.8 Å². The zero-order valence-electron chi connectivity index (χ0n) is 11.5. The number of ether oxygens (including phenoxy) is 4. The fraction of sp³-hybridized carbons (Fsp3) is 1.00. The fourth-order valence-electron chi connectivity index (χ4n) is 2.21. The predicted octanol–water partition coefficient (Wildman–Crippen LogP) is 2.36. The summed E-state index contributed by atoms with van der Waals surface area (Å²) in [5.74, 6) is 0. The van der Waals surface area contributed by atoms with Crippen molar-refractivity contribution >= 4 is 0 Å². The first kappa shape index (κ1) is 14.9. The van der Waals surface area contributed by atoms with Gasteiger partial charge in [0, 0.05) is 13.2 Å². The Morgan fingerprint density at radius 1 is 1.06 bits per heavy atom. The molecular weight excluding hydrogens is 220 g/mol. The molecule has 1 rings (SSSR count). The van der Waals surface area contributed by atoms with Gasteiger partial charge in [-0.1, -0.05) is 0 Å². The van der Waals surface area contributed by atoms with Gasteiger partial charge in [0.1, 0.15) is 0 Å². The van der Waals surface area contributed by atoms with E-state index in [-0.39, 0.29) is 24.6 Å². The second-order valence-electron chi connectivity index (χ2n) is 4.52. The Labute approximate surface area is 105 Å². The van der Waals surface area contributed by atoms with Gasteiger partial charge in [0.15, 0.2) is 6.29 Å². The second kappa shape index (κ2) is 8.03. The van der Waals surface area contributed by atoms with E-state index in [1.807, 2.05) is 13.8 Å². The van der Waals surface area contributed by atoms with Crippen molar-refractivity contribution in [3.8, 4) is 0 Å². The van der Waals surface area contributed by atoms with Gasteiger partial charge in [-0.15, -0.1) is 0 Å². The standard InChI is InChI=1S/C13H26O4/c1-5-14-13(15-6-2)9-16-12-7-10(3)17-11(4)8-12/h10-13H,5-9H2,1-4H3. The summed E-state index contributed by atoms with van der Waals surface area (Å²) in [4.78, 5) is 0. The van der Waals surface area contributed by atoms with Crippen molar-refractivity contribution in [1.82, 2.24) is 0 Å². The van der Waals surface area contributed by atoms with E-state index in [1.54, 1.807) is 0 Å². The van der Waals surface area contributed by atoms with Gasteiger partial charge in [-0.2, -0.15) is 0 Å². The molecule has 0 aromatic heterocycles. The minimum Gasteiger partial charge on any atom is -0.375 e. The Balaban J connectivity index is 2.27. The van der Waals surface area contributed by atoms with E-state index in [4.69, 9.17) is 18.9 Å². The zero-order chi connectivity index (χ0) is 12.7. The van der Waals surface area contributed by atoms with Crippen LogP contribution in [0.25, 0.3) is 0 Å². The van der Waals surface area contributed by atoms with Gasteiger partial charge in [-0.3, -0.25) is 0 Å². The van der Waals surface area contributed by atoms with E-state index in [2.05, 4.69) is 13.8 Å². The van der Waals surface area contributed by atoms with Gasteiger partial charge in [-0.25, -0.2) is 0 Å². The van der Waals surface area contributed by atoms with Crippen LogP contribution in [-0.2, 0) is 18.9 Å². The molecule has 1 aliphatic rings. The maximum Gasteiger partial charge on any atom is 0.180 e. The molecule has 0 aliphatic carbocycles. The van der Waals surface area contributed by atoms with E-state index in [9.17, 15) is 0 Å². The predicted molar refractivity (Wildman–Crippen MR) is 66.0 cm³/mol. The Morgan fingerprint density at radius 2 is 1.59 bits per heavy atom. The zero-order valence-corrected chi connectivity index (χ0v) is 11.5. The Morgan fingerprint density at radius 3 is 2.06 bits per heavy atom. The summed E-state index contributed by atoms with van der Waals surface area (Å²) < 4.78 is 22.4. The molecule has 0 N–H and O–H groups in total. The van der Waals surface area contributed by atoms with Crippen molar-refractivity contribution in [3.05, 3.63) is 0 Å². The van der Waals surface area contributed by atoms with Crippen LogP contribution in [0.4, 0.5) is 0 Å². The van der Waals surface area contributed by atoms with Gasteiger partial charge in [0.05, 0.1) is 24.9 Å². The minimum absolute atomic E-state index is 0.238. The minimum atomic E-state index is -0.238. The first-order valence-corrected chi connectivity index (χ1v) is 6.65. The van der Waals surface area contributed by atoms with Crippen LogP contribution in [-0.4, -0.2) is 44.4 Å². The highest BCUT2D eigenvalue weighted by atomic mass is 16.7. The molecule has 4 nitrogen and oxygen atoms in total. The largest absolute Gasteiger partial charge is 0.375 e. The van der Waals surface area contributed by atoms with Gasteiger partial charge >= 0.3 is 0 Å². The maximum atomic E-state index is 5.86. The smallest absolute Gasteiger partial charge is 0.180 e. The fourth-order valence-corrected chi connectivity index (χ4v) is 2.21. The molecule has 0 aromatic carbocycles. The Kier molecular flexibility index (Phi) is 7.04. The van der Waals surface area contributed by atoms with Crippen LogP contribution < -0.4 is 0 Å². The molecule has 4 heteroatoms. The lowest BCUT2D eigenvalue weighted by Crippen LogP contribution is -2.36. The number of hydrogen-bond acceptors (Lipinski definition) is 4. The lowest BCUT2D eigenvalue weighted by atomic mass is 10.0. The van der Waals surface area contributed by atoms with Crippen molar-refractivity contribution < 1.29 is 18.9 Å². The molecule has 2 atom stereocenters. The molecule has 0 amide bonds. The highest BCUT2D eigenvalue weighted by Gasteiger charge is 2.25. The molecule has 2 unspecified atom stereocenters. The molecule has 0 aromatic rings. The molecule has 0 saturated carbocycles. The molecule has 1 aliphatic heterocycles. The van der Waals surface area contributed by atoms with Crippen molar-refractivity contribution in [1.29, 1.82) is 0 Å². The third kappa shape index (κ3) is 5.82. The highest BCUT2D eigenvalue weighted by molar-refractivity contribution is 4.73. The van der Waals surface area contributed by atoms with Crippen molar-refractivity contribution in [3.63, 3.8) is 0 Å². The maximum absolute atomic E-state index is 5.86. The van der Waals surface area contributed by atoms with Crippen molar-refractivity contribution in [2.75, 3.05) is 19.8 Å². The second-order valence-corrected chi connectivity index (χ2v) is 4.52. The first-order chi connectivity index (χ1) is 8.15. The van der Waals surface area contributed by atoms with Crippen LogP contribution in [0.3, 0.4) is 0 Å². The molecule has 17 heavy (non-hydrogen) atoms. The van der Waals surface area contributed by atoms with Crippen LogP contribution in [0.15, 0.2) is 0 Å². The monoisotopic (exact) mass is 246 g/mol. The molecular formula is C13H26O4. The summed E-state index contributed by atoms with van der Waals surface area (Å²) in [6, 6.07) is 0. The Bertz CT molecular complexity index is 182. The van der Waals surface area contributed by atoms with Crippen molar-refractivity contribution in [2.45, 2.75) is 65.1 Å². The molecule has 1 heterocycles. The molecule has 0 radical (unpaired) electrons. The van der Waals surface area contributed by atoms with E-state index in [1.165, 1.54) is 0 Å². The van der Waals surface area contributed by atoms with E-state index >= 15 is 0 Å². The van der Waals surface area contributed by atoms with Crippen molar-refractivity contribution in [2.24, 2.45) is 0 Å². The molecule has 1 saturated heterocycles. The molecule has 1 fully saturated rings.